The highest BCUT2D eigenvalue weighted by molar-refractivity contribution is 6.74. The lowest BCUT2D eigenvalue weighted by atomic mass is 9.55. The summed E-state index contributed by atoms with van der Waals surface area (Å²) in [5, 5.41) is 23.0. The number of rotatable bonds is 4. The van der Waals surface area contributed by atoms with Crippen molar-refractivity contribution < 1.29 is 19.0 Å². The standard InChI is InChI=1S/C23H35NO4Si/c1-20(2,3)29(6,7)28-22(16-24)14-9-13-21(27-5)15-12-17-18(23(21,22)25)10-8-11-19(17)26-4/h8,10-11,25H,9,12-15H2,1-7H3/t21?,22-,23?/m0/s1. The van der Waals surface area contributed by atoms with Crippen molar-refractivity contribution >= 4 is 8.32 Å². The lowest BCUT2D eigenvalue weighted by Crippen LogP contribution is -2.72. The SMILES string of the molecule is COc1cccc2c1CCC1(OC)CCC[C@@](C#N)(O[Si](C)(C)C(C)(C)C)C21O. The van der Waals surface area contributed by atoms with Gasteiger partial charge in [0.1, 0.15) is 17.4 Å². The molecule has 0 aliphatic heterocycles. The number of nitrogens with zero attached hydrogens (tertiary/aromatic N) is 1. The molecule has 0 radical (unpaired) electrons. The Kier molecular flexibility index (Phi) is 5.45. The van der Waals surface area contributed by atoms with E-state index in [0.29, 0.717) is 24.8 Å². The molecule has 3 rings (SSSR count). The van der Waals surface area contributed by atoms with E-state index in [1.807, 2.05) is 18.2 Å². The number of aliphatic hydroxyl groups is 1. The van der Waals surface area contributed by atoms with Crippen LogP contribution in [0.1, 0.15) is 57.6 Å². The molecule has 0 saturated heterocycles. The van der Waals surface area contributed by atoms with E-state index in [0.717, 1.165) is 24.2 Å². The van der Waals surface area contributed by atoms with Crippen LogP contribution in [0.15, 0.2) is 18.2 Å². The van der Waals surface area contributed by atoms with Crippen molar-refractivity contribution in [3.8, 4) is 11.8 Å². The van der Waals surface area contributed by atoms with Gasteiger partial charge in [-0.05, 0) is 61.9 Å². The largest absolute Gasteiger partial charge is 0.496 e. The summed E-state index contributed by atoms with van der Waals surface area (Å²) in [5.41, 5.74) is -2.14. The first-order chi connectivity index (χ1) is 13.4. The van der Waals surface area contributed by atoms with Crippen molar-refractivity contribution in [2.45, 2.75) is 87.8 Å². The molecule has 1 N–H and O–H groups in total. The van der Waals surface area contributed by atoms with E-state index < -0.39 is 25.1 Å². The molecule has 3 atom stereocenters. The van der Waals surface area contributed by atoms with E-state index in [1.54, 1.807) is 14.2 Å². The lowest BCUT2D eigenvalue weighted by Gasteiger charge is -2.61. The zero-order valence-corrected chi connectivity index (χ0v) is 19.9. The number of hydrogen-bond acceptors (Lipinski definition) is 5. The average Bonchev–Trinajstić information content (AvgIpc) is 2.67. The molecule has 2 unspecified atom stereocenters. The second kappa shape index (κ2) is 7.09. The van der Waals surface area contributed by atoms with Gasteiger partial charge in [0.25, 0.3) is 0 Å². The molecule has 29 heavy (non-hydrogen) atoms. The predicted octanol–water partition coefficient (Wildman–Crippen LogP) is 4.68. The molecule has 2 aliphatic carbocycles. The maximum Gasteiger partial charge on any atom is 0.194 e. The topological polar surface area (TPSA) is 71.7 Å². The lowest BCUT2D eigenvalue weighted by molar-refractivity contribution is -0.269. The molecule has 1 fully saturated rings. The van der Waals surface area contributed by atoms with Crippen LogP contribution in [0, 0.1) is 11.3 Å². The molecule has 1 aromatic carbocycles. The van der Waals surface area contributed by atoms with Crippen LogP contribution in [0.2, 0.25) is 18.1 Å². The van der Waals surface area contributed by atoms with E-state index in [1.165, 1.54) is 0 Å². The Morgan fingerprint density at radius 2 is 1.83 bits per heavy atom. The smallest absolute Gasteiger partial charge is 0.194 e. The van der Waals surface area contributed by atoms with Crippen molar-refractivity contribution in [2.24, 2.45) is 0 Å². The zero-order valence-electron chi connectivity index (χ0n) is 18.9. The van der Waals surface area contributed by atoms with Crippen LogP contribution in [0.5, 0.6) is 5.75 Å². The minimum absolute atomic E-state index is 0.0910. The molecule has 160 valence electrons. The molecule has 0 spiro atoms. The highest BCUT2D eigenvalue weighted by Gasteiger charge is 2.70. The second-order valence-corrected chi connectivity index (χ2v) is 14.8. The fourth-order valence-corrected chi connectivity index (χ4v) is 6.50. The number of methoxy groups -OCH3 is 2. The average molecular weight is 418 g/mol. The van der Waals surface area contributed by atoms with Gasteiger partial charge in [0.15, 0.2) is 19.5 Å². The molecule has 5 nitrogen and oxygen atoms in total. The van der Waals surface area contributed by atoms with Gasteiger partial charge in [-0.15, -0.1) is 0 Å². The Hall–Kier alpha value is -1.39. The molecule has 6 heteroatoms. The first-order valence-electron chi connectivity index (χ1n) is 10.5. The van der Waals surface area contributed by atoms with E-state index in [9.17, 15) is 10.4 Å². The Morgan fingerprint density at radius 1 is 1.14 bits per heavy atom. The highest BCUT2D eigenvalue weighted by atomic mass is 28.4. The van der Waals surface area contributed by atoms with Gasteiger partial charge in [-0.25, -0.2) is 0 Å². The summed E-state index contributed by atoms with van der Waals surface area (Å²) in [6, 6.07) is 8.17. The number of ether oxygens (including phenoxy) is 2. The molecule has 0 heterocycles. The van der Waals surface area contributed by atoms with Crippen molar-refractivity contribution in [2.75, 3.05) is 14.2 Å². The number of fused-ring (bicyclic) bond motifs is 3. The van der Waals surface area contributed by atoms with Gasteiger partial charge >= 0.3 is 0 Å². The minimum Gasteiger partial charge on any atom is -0.496 e. The Bertz CT molecular complexity index is 827. The molecule has 0 bridgehead atoms. The van der Waals surface area contributed by atoms with Gasteiger partial charge in [0.05, 0.1) is 7.11 Å². The monoisotopic (exact) mass is 417 g/mol. The molecule has 0 aromatic heterocycles. The van der Waals surface area contributed by atoms with Crippen LogP contribution in [0.3, 0.4) is 0 Å². The predicted molar refractivity (Wildman–Crippen MR) is 115 cm³/mol. The van der Waals surface area contributed by atoms with Crippen molar-refractivity contribution in [1.29, 1.82) is 5.26 Å². The Morgan fingerprint density at radius 3 is 2.38 bits per heavy atom. The first kappa shape index (κ1) is 22.3. The number of hydrogen-bond donors (Lipinski definition) is 1. The number of nitriles is 1. The Labute approximate surface area is 176 Å². The van der Waals surface area contributed by atoms with Crippen LogP contribution >= 0.6 is 0 Å². The minimum atomic E-state index is -2.37. The molecule has 1 saturated carbocycles. The van der Waals surface area contributed by atoms with Crippen LogP contribution in [-0.2, 0) is 21.2 Å². The first-order valence-corrected chi connectivity index (χ1v) is 13.4. The van der Waals surface area contributed by atoms with Crippen molar-refractivity contribution in [3.05, 3.63) is 29.3 Å². The molecule has 0 amide bonds. The van der Waals surface area contributed by atoms with Crippen LogP contribution in [-0.4, -0.2) is 38.8 Å². The Balaban J connectivity index is 2.29. The summed E-state index contributed by atoms with van der Waals surface area (Å²) in [6.07, 6.45) is 3.31. The fraction of sp³-hybridized carbons (Fsp3) is 0.696. The maximum absolute atomic E-state index is 12.5. The molecule has 1 aromatic rings. The molecular weight excluding hydrogens is 382 g/mol. The van der Waals surface area contributed by atoms with Gasteiger partial charge in [-0.2, -0.15) is 5.26 Å². The van der Waals surface area contributed by atoms with Gasteiger partial charge in [-0.1, -0.05) is 32.9 Å². The summed E-state index contributed by atoms with van der Waals surface area (Å²) in [5.74, 6) is 0.741. The summed E-state index contributed by atoms with van der Waals surface area (Å²) >= 11 is 0. The summed E-state index contributed by atoms with van der Waals surface area (Å²) < 4.78 is 18.5. The van der Waals surface area contributed by atoms with Gasteiger partial charge in [0, 0.05) is 12.7 Å². The van der Waals surface area contributed by atoms with Gasteiger partial charge < -0.3 is 19.0 Å². The zero-order chi connectivity index (χ0) is 21.7. The third-order valence-corrected chi connectivity index (χ3v) is 12.2. The molecule has 2 aliphatic rings. The van der Waals surface area contributed by atoms with E-state index >= 15 is 0 Å². The molecular formula is C23H35NO4Si. The third-order valence-electron chi connectivity index (χ3n) is 7.68. The summed E-state index contributed by atoms with van der Waals surface area (Å²) in [6.45, 7) is 10.7. The summed E-state index contributed by atoms with van der Waals surface area (Å²) in [4.78, 5) is 0. The van der Waals surface area contributed by atoms with Crippen molar-refractivity contribution in [1.82, 2.24) is 0 Å². The van der Waals surface area contributed by atoms with Crippen molar-refractivity contribution in [3.63, 3.8) is 0 Å². The number of benzene rings is 1. The van der Waals surface area contributed by atoms with E-state index in [2.05, 4.69) is 39.9 Å². The van der Waals surface area contributed by atoms with Gasteiger partial charge in [0.2, 0.25) is 0 Å². The van der Waals surface area contributed by atoms with E-state index in [-0.39, 0.29) is 5.04 Å². The summed E-state index contributed by atoms with van der Waals surface area (Å²) in [7, 11) is 0.923. The quantitative estimate of drug-likeness (QED) is 0.720. The van der Waals surface area contributed by atoms with Gasteiger partial charge in [-0.3, -0.25) is 0 Å². The maximum atomic E-state index is 12.5. The normalized spacial score (nSPS) is 32.1. The van der Waals surface area contributed by atoms with Crippen LogP contribution in [0.25, 0.3) is 0 Å². The highest BCUT2D eigenvalue weighted by Crippen LogP contribution is 2.60. The fourth-order valence-electron chi connectivity index (χ4n) is 5.03. The van der Waals surface area contributed by atoms with Crippen LogP contribution in [0.4, 0.5) is 0 Å². The van der Waals surface area contributed by atoms with E-state index in [4.69, 9.17) is 13.9 Å². The second-order valence-electron chi connectivity index (χ2n) is 10.0. The third kappa shape index (κ3) is 2.97. The van der Waals surface area contributed by atoms with Crippen LogP contribution < -0.4 is 4.74 Å².